The molecule has 1 aromatic rings. The first-order valence-corrected chi connectivity index (χ1v) is 6.48. The summed E-state index contributed by atoms with van der Waals surface area (Å²) in [6.07, 6.45) is 0.828. The van der Waals surface area contributed by atoms with Gasteiger partial charge in [0.05, 0.1) is 0 Å². The predicted molar refractivity (Wildman–Crippen MR) is 72.8 cm³/mol. The van der Waals surface area contributed by atoms with Crippen LogP contribution in [0, 0.1) is 5.82 Å². The van der Waals surface area contributed by atoms with Crippen molar-refractivity contribution in [3.8, 4) is 5.75 Å². The fourth-order valence-corrected chi connectivity index (χ4v) is 1.46. The van der Waals surface area contributed by atoms with Gasteiger partial charge in [0.15, 0.2) is 6.61 Å². The topological polar surface area (TPSA) is 67.4 Å². The highest BCUT2D eigenvalue weighted by atomic mass is 19.1. The summed E-state index contributed by atoms with van der Waals surface area (Å²) >= 11 is 0. The van der Waals surface area contributed by atoms with Crippen LogP contribution in [-0.2, 0) is 9.59 Å². The number of carbonyl (C=O) groups is 2. The lowest BCUT2D eigenvalue weighted by Gasteiger charge is -2.14. The summed E-state index contributed by atoms with van der Waals surface area (Å²) in [7, 11) is 0. The lowest BCUT2D eigenvalue weighted by atomic mass is 10.3. The largest absolute Gasteiger partial charge is 0.484 e. The molecule has 6 heteroatoms. The van der Waals surface area contributed by atoms with E-state index in [4.69, 9.17) is 4.74 Å². The molecular formula is C14H19FN2O3. The third-order valence-electron chi connectivity index (χ3n) is 2.49. The molecule has 0 aliphatic rings. The maximum Gasteiger partial charge on any atom is 0.258 e. The first kappa shape index (κ1) is 15.9. The molecule has 5 nitrogen and oxygen atoms in total. The summed E-state index contributed by atoms with van der Waals surface area (Å²) < 4.78 is 18.0. The molecule has 2 N–H and O–H groups in total. The van der Waals surface area contributed by atoms with Crippen LogP contribution in [0.4, 0.5) is 4.39 Å². The van der Waals surface area contributed by atoms with Crippen molar-refractivity contribution in [2.24, 2.45) is 0 Å². The van der Waals surface area contributed by atoms with Crippen molar-refractivity contribution in [1.82, 2.24) is 10.6 Å². The molecule has 110 valence electrons. The summed E-state index contributed by atoms with van der Waals surface area (Å²) in [6, 6.07) is 4.87. The zero-order chi connectivity index (χ0) is 15.0. The molecule has 0 spiro atoms. The first-order chi connectivity index (χ1) is 9.52. The van der Waals surface area contributed by atoms with Crippen molar-refractivity contribution in [1.29, 1.82) is 0 Å². The summed E-state index contributed by atoms with van der Waals surface area (Å²) in [5, 5.41) is 5.18. The normalized spacial score (nSPS) is 11.6. The molecule has 2 amide bonds. The van der Waals surface area contributed by atoms with Crippen molar-refractivity contribution in [3.05, 3.63) is 30.1 Å². The Kier molecular flexibility index (Phi) is 6.49. The van der Waals surface area contributed by atoms with Gasteiger partial charge in [-0.05, 0) is 25.5 Å². The maximum atomic E-state index is 12.9. The van der Waals surface area contributed by atoms with Gasteiger partial charge in [-0.3, -0.25) is 9.59 Å². The second kappa shape index (κ2) is 8.14. The summed E-state index contributed by atoms with van der Waals surface area (Å²) in [5.74, 6) is -0.849. The molecule has 0 unspecified atom stereocenters. The van der Waals surface area contributed by atoms with Gasteiger partial charge in [0.1, 0.15) is 17.6 Å². The fourth-order valence-electron chi connectivity index (χ4n) is 1.46. The Morgan fingerprint density at radius 1 is 1.40 bits per heavy atom. The van der Waals surface area contributed by atoms with Gasteiger partial charge in [0.2, 0.25) is 5.91 Å². The Morgan fingerprint density at radius 2 is 2.15 bits per heavy atom. The maximum absolute atomic E-state index is 12.9. The van der Waals surface area contributed by atoms with Gasteiger partial charge in [-0.25, -0.2) is 4.39 Å². The highest BCUT2D eigenvalue weighted by Gasteiger charge is 2.15. The summed E-state index contributed by atoms with van der Waals surface area (Å²) in [5.41, 5.74) is 0. The average Bonchev–Trinajstić information content (AvgIpc) is 2.42. The zero-order valence-corrected chi connectivity index (χ0v) is 11.6. The van der Waals surface area contributed by atoms with E-state index in [1.807, 2.05) is 6.92 Å². The Balaban J connectivity index is 2.34. The van der Waals surface area contributed by atoms with Crippen molar-refractivity contribution >= 4 is 11.8 Å². The smallest absolute Gasteiger partial charge is 0.258 e. The van der Waals surface area contributed by atoms with Crippen LogP contribution in [0.25, 0.3) is 0 Å². The zero-order valence-electron chi connectivity index (χ0n) is 11.6. The molecule has 1 rings (SSSR count). The van der Waals surface area contributed by atoms with E-state index in [1.165, 1.54) is 18.2 Å². The third-order valence-corrected chi connectivity index (χ3v) is 2.49. The van der Waals surface area contributed by atoms with Crippen LogP contribution >= 0.6 is 0 Å². The monoisotopic (exact) mass is 282 g/mol. The summed E-state index contributed by atoms with van der Waals surface area (Å²) in [4.78, 5) is 23.1. The number of hydrogen-bond donors (Lipinski definition) is 2. The Hall–Kier alpha value is -2.11. The van der Waals surface area contributed by atoms with Gasteiger partial charge >= 0.3 is 0 Å². The number of rotatable bonds is 7. The van der Waals surface area contributed by atoms with Crippen LogP contribution in [0.2, 0.25) is 0 Å². The number of nitrogens with one attached hydrogen (secondary N) is 2. The highest BCUT2D eigenvalue weighted by molar-refractivity contribution is 5.87. The number of hydrogen-bond acceptors (Lipinski definition) is 3. The van der Waals surface area contributed by atoms with Crippen molar-refractivity contribution < 1.29 is 18.7 Å². The molecule has 0 heterocycles. The van der Waals surface area contributed by atoms with Crippen LogP contribution in [-0.4, -0.2) is 31.0 Å². The van der Waals surface area contributed by atoms with Crippen LogP contribution in [0.5, 0.6) is 5.75 Å². The fraction of sp³-hybridized carbons (Fsp3) is 0.429. The van der Waals surface area contributed by atoms with Gasteiger partial charge in [-0.2, -0.15) is 0 Å². The van der Waals surface area contributed by atoms with Crippen molar-refractivity contribution in [3.63, 3.8) is 0 Å². The minimum Gasteiger partial charge on any atom is -0.484 e. The van der Waals surface area contributed by atoms with Crippen LogP contribution in [0.15, 0.2) is 24.3 Å². The van der Waals surface area contributed by atoms with E-state index < -0.39 is 17.8 Å². The van der Waals surface area contributed by atoms with E-state index in [9.17, 15) is 14.0 Å². The van der Waals surface area contributed by atoms with Gasteiger partial charge in [-0.1, -0.05) is 13.0 Å². The van der Waals surface area contributed by atoms with Crippen molar-refractivity contribution in [2.45, 2.75) is 26.3 Å². The number of carbonyl (C=O) groups excluding carboxylic acids is 2. The molecule has 0 aliphatic heterocycles. The molecule has 0 fully saturated rings. The minimum atomic E-state index is -0.634. The second-order valence-corrected chi connectivity index (χ2v) is 4.33. The summed E-state index contributed by atoms with van der Waals surface area (Å²) in [6.45, 7) is 3.83. The Morgan fingerprint density at radius 3 is 2.80 bits per heavy atom. The van der Waals surface area contributed by atoms with Gasteiger partial charge in [-0.15, -0.1) is 0 Å². The molecule has 0 bridgehead atoms. The lowest BCUT2D eigenvalue weighted by Crippen LogP contribution is -2.46. The second-order valence-electron chi connectivity index (χ2n) is 4.33. The molecule has 1 atom stereocenters. The molecule has 0 aromatic heterocycles. The molecule has 0 saturated carbocycles. The van der Waals surface area contributed by atoms with E-state index in [1.54, 1.807) is 13.0 Å². The van der Waals surface area contributed by atoms with Gasteiger partial charge in [0.25, 0.3) is 5.91 Å². The molecule has 0 aliphatic carbocycles. The van der Waals surface area contributed by atoms with Crippen molar-refractivity contribution in [2.75, 3.05) is 13.2 Å². The Labute approximate surface area is 117 Å². The SMILES string of the molecule is CCCNC(=O)[C@@H](C)NC(=O)COc1cccc(F)c1. The van der Waals surface area contributed by atoms with E-state index in [-0.39, 0.29) is 18.3 Å². The number of ether oxygens (including phenoxy) is 1. The number of amides is 2. The van der Waals surface area contributed by atoms with Crippen LogP contribution in [0.3, 0.4) is 0 Å². The lowest BCUT2D eigenvalue weighted by molar-refractivity contribution is -0.129. The van der Waals surface area contributed by atoms with E-state index >= 15 is 0 Å². The number of benzene rings is 1. The minimum absolute atomic E-state index is 0.244. The standard InChI is InChI=1S/C14H19FN2O3/c1-3-7-16-14(19)10(2)17-13(18)9-20-12-6-4-5-11(15)8-12/h4-6,8,10H,3,7,9H2,1-2H3,(H,16,19)(H,17,18)/t10-/m1/s1. The van der Waals surface area contributed by atoms with Crippen LogP contribution < -0.4 is 15.4 Å². The highest BCUT2D eigenvalue weighted by Crippen LogP contribution is 2.11. The predicted octanol–water partition coefficient (Wildman–Crippen LogP) is 1.24. The van der Waals surface area contributed by atoms with E-state index in [0.717, 1.165) is 6.42 Å². The van der Waals surface area contributed by atoms with Crippen LogP contribution in [0.1, 0.15) is 20.3 Å². The average molecular weight is 282 g/mol. The van der Waals surface area contributed by atoms with E-state index in [2.05, 4.69) is 10.6 Å². The molecule has 0 saturated heterocycles. The quantitative estimate of drug-likeness (QED) is 0.790. The van der Waals surface area contributed by atoms with E-state index in [0.29, 0.717) is 6.54 Å². The molecular weight excluding hydrogens is 263 g/mol. The first-order valence-electron chi connectivity index (χ1n) is 6.48. The van der Waals surface area contributed by atoms with Gasteiger partial charge in [0, 0.05) is 12.6 Å². The molecule has 20 heavy (non-hydrogen) atoms. The number of halogens is 1. The molecule has 0 radical (unpaired) electrons. The van der Waals surface area contributed by atoms with Gasteiger partial charge < -0.3 is 15.4 Å². The molecule has 1 aromatic carbocycles. The Bertz CT molecular complexity index is 465. The third kappa shape index (κ3) is 5.69.